The van der Waals surface area contributed by atoms with Crippen molar-refractivity contribution in [3.63, 3.8) is 0 Å². The molecular formula is C19H20N2O3S. The van der Waals surface area contributed by atoms with Gasteiger partial charge in [-0.2, -0.15) is 4.31 Å². The second-order valence-electron chi connectivity index (χ2n) is 6.27. The third kappa shape index (κ3) is 2.53. The maximum Gasteiger partial charge on any atom is 0.243 e. The fourth-order valence-electron chi connectivity index (χ4n) is 3.61. The SMILES string of the molecule is COc1ccc(S(=O)(=O)N2CCc3c(c4ccccc4n3C)C2)cc1. The van der Waals surface area contributed by atoms with Gasteiger partial charge in [-0.05, 0) is 35.9 Å². The highest BCUT2D eigenvalue weighted by Crippen LogP contribution is 2.32. The molecule has 25 heavy (non-hydrogen) atoms. The molecular weight excluding hydrogens is 336 g/mol. The molecule has 1 aliphatic rings. The van der Waals surface area contributed by atoms with Crippen molar-refractivity contribution < 1.29 is 13.2 Å². The molecule has 0 fully saturated rings. The number of hydrogen-bond donors (Lipinski definition) is 0. The molecule has 1 aromatic heterocycles. The highest BCUT2D eigenvalue weighted by molar-refractivity contribution is 7.89. The Bertz CT molecular complexity index is 1040. The van der Waals surface area contributed by atoms with E-state index < -0.39 is 10.0 Å². The lowest BCUT2D eigenvalue weighted by Gasteiger charge is -2.27. The van der Waals surface area contributed by atoms with E-state index in [-0.39, 0.29) is 0 Å². The number of methoxy groups -OCH3 is 1. The summed E-state index contributed by atoms with van der Waals surface area (Å²) in [4.78, 5) is 0.303. The summed E-state index contributed by atoms with van der Waals surface area (Å²) in [6.45, 7) is 0.899. The van der Waals surface area contributed by atoms with E-state index in [1.165, 1.54) is 5.69 Å². The van der Waals surface area contributed by atoms with Crippen LogP contribution in [0.2, 0.25) is 0 Å². The molecule has 4 rings (SSSR count). The van der Waals surface area contributed by atoms with Crippen LogP contribution < -0.4 is 4.74 Å². The molecule has 2 aromatic carbocycles. The van der Waals surface area contributed by atoms with Crippen molar-refractivity contribution in [1.29, 1.82) is 0 Å². The molecule has 0 saturated carbocycles. The Labute approximate surface area is 147 Å². The molecule has 2 heterocycles. The second kappa shape index (κ2) is 5.89. The van der Waals surface area contributed by atoms with Crippen molar-refractivity contribution in [1.82, 2.24) is 8.87 Å². The lowest BCUT2D eigenvalue weighted by molar-refractivity contribution is 0.387. The predicted octanol–water partition coefficient (Wildman–Crippen LogP) is 2.93. The van der Waals surface area contributed by atoms with Gasteiger partial charge >= 0.3 is 0 Å². The van der Waals surface area contributed by atoms with Crippen molar-refractivity contribution in [3.8, 4) is 5.75 Å². The standard InChI is InChI=1S/C19H20N2O3S/c1-20-18-6-4-3-5-16(18)17-13-21(12-11-19(17)20)25(22,23)15-9-7-14(24-2)8-10-15/h3-10H,11-13H2,1-2H3. The van der Waals surface area contributed by atoms with Crippen LogP contribution >= 0.6 is 0 Å². The largest absolute Gasteiger partial charge is 0.497 e. The van der Waals surface area contributed by atoms with Crippen LogP contribution in [0.25, 0.3) is 10.9 Å². The van der Waals surface area contributed by atoms with Crippen LogP contribution in [0, 0.1) is 0 Å². The summed E-state index contributed by atoms with van der Waals surface area (Å²) in [6.07, 6.45) is 0.718. The Balaban J connectivity index is 1.73. The van der Waals surface area contributed by atoms with Crippen molar-refractivity contribution in [2.75, 3.05) is 13.7 Å². The zero-order chi connectivity index (χ0) is 17.6. The summed E-state index contributed by atoms with van der Waals surface area (Å²) in [5.41, 5.74) is 3.49. The fourth-order valence-corrected chi connectivity index (χ4v) is 5.02. The minimum absolute atomic E-state index is 0.303. The van der Waals surface area contributed by atoms with E-state index in [0.29, 0.717) is 23.7 Å². The van der Waals surface area contributed by atoms with Gasteiger partial charge in [0.15, 0.2) is 0 Å². The number of sulfonamides is 1. The Morgan fingerprint density at radius 3 is 2.48 bits per heavy atom. The highest BCUT2D eigenvalue weighted by Gasteiger charge is 2.31. The minimum atomic E-state index is -3.52. The van der Waals surface area contributed by atoms with Crippen LogP contribution in [0.3, 0.4) is 0 Å². The molecule has 0 unspecified atom stereocenters. The van der Waals surface area contributed by atoms with Gasteiger partial charge in [0.1, 0.15) is 5.75 Å². The summed E-state index contributed by atoms with van der Waals surface area (Å²) in [6, 6.07) is 14.7. The van der Waals surface area contributed by atoms with E-state index in [1.54, 1.807) is 35.7 Å². The normalized spacial score (nSPS) is 15.3. The van der Waals surface area contributed by atoms with Gasteiger partial charge in [0.25, 0.3) is 0 Å². The zero-order valence-electron chi connectivity index (χ0n) is 14.3. The predicted molar refractivity (Wildman–Crippen MR) is 97.2 cm³/mol. The maximum absolute atomic E-state index is 13.0. The smallest absolute Gasteiger partial charge is 0.243 e. The van der Waals surface area contributed by atoms with Crippen LogP contribution in [-0.4, -0.2) is 30.9 Å². The number of rotatable bonds is 3. The molecule has 5 nitrogen and oxygen atoms in total. The van der Waals surface area contributed by atoms with Gasteiger partial charge < -0.3 is 9.30 Å². The van der Waals surface area contributed by atoms with Gasteiger partial charge in [-0.3, -0.25) is 0 Å². The summed E-state index contributed by atoms with van der Waals surface area (Å²) in [5.74, 6) is 0.647. The molecule has 0 spiro atoms. The van der Waals surface area contributed by atoms with Crippen molar-refractivity contribution in [2.45, 2.75) is 17.9 Å². The van der Waals surface area contributed by atoms with Crippen molar-refractivity contribution >= 4 is 20.9 Å². The highest BCUT2D eigenvalue weighted by atomic mass is 32.2. The first-order valence-corrected chi connectivity index (χ1v) is 9.66. The molecule has 1 aliphatic heterocycles. The molecule has 130 valence electrons. The van der Waals surface area contributed by atoms with E-state index in [0.717, 1.165) is 22.9 Å². The first-order chi connectivity index (χ1) is 12.0. The van der Waals surface area contributed by atoms with Gasteiger partial charge in [-0.1, -0.05) is 18.2 Å². The monoisotopic (exact) mass is 356 g/mol. The third-order valence-electron chi connectivity index (χ3n) is 4.97. The van der Waals surface area contributed by atoms with E-state index >= 15 is 0 Å². The molecule has 0 atom stereocenters. The number of nitrogens with zero attached hydrogens (tertiary/aromatic N) is 2. The van der Waals surface area contributed by atoms with Crippen LogP contribution in [0.1, 0.15) is 11.3 Å². The molecule has 0 N–H and O–H groups in total. The van der Waals surface area contributed by atoms with E-state index in [4.69, 9.17) is 4.74 Å². The summed E-state index contributed by atoms with van der Waals surface area (Å²) < 4.78 is 34.9. The first kappa shape index (κ1) is 16.2. The number of benzene rings is 2. The molecule has 6 heteroatoms. The van der Waals surface area contributed by atoms with Gasteiger partial charge in [0, 0.05) is 43.2 Å². The Hall–Kier alpha value is -2.31. The summed E-state index contributed by atoms with van der Waals surface area (Å²) in [7, 11) is 0.0955. The number of aryl methyl sites for hydroxylation is 1. The maximum atomic E-state index is 13.0. The van der Waals surface area contributed by atoms with Crippen molar-refractivity contribution in [2.24, 2.45) is 7.05 Å². The van der Waals surface area contributed by atoms with Crippen LogP contribution in [0.15, 0.2) is 53.4 Å². The van der Waals surface area contributed by atoms with Gasteiger partial charge in [0.2, 0.25) is 10.0 Å². The average Bonchev–Trinajstić information content (AvgIpc) is 2.94. The summed E-state index contributed by atoms with van der Waals surface area (Å²) in [5, 5.41) is 1.13. The number of aromatic nitrogens is 1. The Morgan fingerprint density at radius 1 is 1.04 bits per heavy atom. The number of ether oxygens (including phenoxy) is 1. The van der Waals surface area contributed by atoms with Crippen LogP contribution in [0.5, 0.6) is 5.75 Å². The number of fused-ring (bicyclic) bond motifs is 3. The quantitative estimate of drug-likeness (QED) is 0.725. The molecule has 0 aliphatic carbocycles. The van der Waals surface area contributed by atoms with Gasteiger partial charge in [-0.15, -0.1) is 0 Å². The summed E-state index contributed by atoms with van der Waals surface area (Å²) >= 11 is 0. The van der Waals surface area contributed by atoms with Gasteiger partial charge in [0.05, 0.1) is 12.0 Å². The van der Waals surface area contributed by atoms with E-state index in [2.05, 4.69) is 23.7 Å². The number of hydrogen-bond acceptors (Lipinski definition) is 3. The second-order valence-corrected chi connectivity index (χ2v) is 8.20. The van der Waals surface area contributed by atoms with Crippen LogP contribution in [-0.2, 0) is 30.0 Å². The Kier molecular flexibility index (Phi) is 3.81. The number of para-hydroxylation sites is 1. The molecule has 3 aromatic rings. The topological polar surface area (TPSA) is 51.5 Å². The zero-order valence-corrected chi connectivity index (χ0v) is 15.1. The fraction of sp³-hybridized carbons (Fsp3) is 0.263. The third-order valence-corrected chi connectivity index (χ3v) is 6.83. The van der Waals surface area contributed by atoms with E-state index in [9.17, 15) is 8.42 Å². The van der Waals surface area contributed by atoms with Crippen LogP contribution in [0.4, 0.5) is 0 Å². The van der Waals surface area contributed by atoms with E-state index in [1.807, 2.05) is 12.1 Å². The molecule has 0 radical (unpaired) electrons. The molecule has 0 bridgehead atoms. The lowest BCUT2D eigenvalue weighted by atomic mass is 10.1. The minimum Gasteiger partial charge on any atom is -0.497 e. The lowest BCUT2D eigenvalue weighted by Crippen LogP contribution is -2.36. The Morgan fingerprint density at radius 2 is 1.76 bits per heavy atom. The average molecular weight is 356 g/mol. The van der Waals surface area contributed by atoms with Gasteiger partial charge in [-0.25, -0.2) is 8.42 Å². The molecule has 0 saturated heterocycles. The van der Waals surface area contributed by atoms with Crippen molar-refractivity contribution in [3.05, 3.63) is 59.8 Å². The first-order valence-electron chi connectivity index (χ1n) is 8.22. The molecule has 0 amide bonds.